The average molecular weight is 586 g/mol. The summed E-state index contributed by atoms with van der Waals surface area (Å²) in [6, 6.07) is 14.7. The van der Waals surface area contributed by atoms with Gasteiger partial charge in [-0.2, -0.15) is 0 Å². The molecule has 5 heteroatoms. The number of anilines is 1. The van der Waals surface area contributed by atoms with E-state index < -0.39 is 0 Å². The van der Waals surface area contributed by atoms with E-state index in [4.69, 9.17) is 11.6 Å². The summed E-state index contributed by atoms with van der Waals surface area (Å²) in [6.45, 7) is 17.9. The topological polar surface area (TPSA) is 35.9 Å². The molecule has 1 aliphatic carbocycles. The molecule has 0 saturated carbocycles. The zero-order chi connectivity index (χ0) is 30.1. The van der Waals surface area contributed by atoms with Crippen LogP contribution in [0.4, 0.5) is 5.69 Å². The van der Waals surface area contributed by atoms with Crippen molar-refractivity contribution in [3.05, 3.63) is 93.2 Å². The number of carbonyl (C=O) groups excluding carboxylic acids is 1. The maximum Gasteiger partial charge on any atom is 0.150 e. The number of hydrogen-bond donors (Lipinski definition) is 0. The van der Waals surface area contributed by atoms with E-state index >= 15 is 0 Å². The fraction of sp³-hybridized carbons (Fsp3) is 0.459. The lowest BCUT2D eigenvalue weighted by Gasteiger charge is -2.39. The van der Waals surface area contributed by atoms with Gasteiger partial charge >= 0.3 is 0 Å². The summed E-state index contributed by atoms with van der Waals surface area (Å²) in [6.07, 6.45) is 12.4. The predicted molar refractivity (Wildman–Crippen MR) is 181 cm³/mol. The number of hydrogen-bond acceptors (Lipinski definition) is 4. The van der Waals surface area contributed by atoms with Crippen molar-refractivity contribution in [1.82, 2.24) is 4.90 Å². The minimum atomic E-state index is 0.323. The van der Waals surface area contributed by atoms with Crippen molar-refractivity contribution < 1.29 is 4.79 Å². The number of carbonyl (C=O) groups is 1. The number of piperazine rings is 1. The molecule has 1 saturated heterocycles. The van der Waals surface area contributed by atoms with E-state index in [1.54, 1.807) is 5.57 Å². The Morgan fingerprint density at radius 1 is 1.07 bits per heavy atom. The minimum Gasteiger partial charge on any atom is -0.369 e. The van der Waals surface area contributed by atoms with Gasteiger partial charge in [0.25, 0.3) is 0 Å². The van der Waals surface area contributed by atoms with Crippen molar-refractivity contribution in [1.29, 1.82) is 0 Å². The molecule has 0 bridgehead atoms. The van der Waals surface area contributed by atoms with Gasteiger partial charge in [0.2, 0.25) is 0 Å². The van der Waals surface area contributed by atoms with E-state index in [1.807, 2.05) is 24.4 Å². The first-order valence-corrected chi connectivity index (χ1v) is 16.0. The Morgan fingerprint density at radius 3 is 2.45 bits per heavy atom. The van der Waals surface area contributed by atoms with Crippen LogP contribution in [0.25, 0.3) is 5.57 Å². The number of allylic oxidation sites excluding steroid dienone is 4. The Morgan fingerprint density at radius 2 is 1.81 bits per heavy atom. The van der Waals surface area contributed by atoms with Crippen molar-refractivity contribution in [2.75, 3.05) is 37.6 Å². The molecular formula is C37H48ClN3O. The Balaban J connectivity index is 1.47. The van der Waals surface area contributed by atoms with Crippen molar-refractivity contribution in [3.8, 4) is 0 Å². The van der Waals surface area contributed by atoms with Gasteiger partial charge in [0.05, 0.1) is 0 Å². The minimum absolute atomic E-state index is 0.323. The van der Waals surface area contributed by atoms with E-state index in [0.717, 1.165) is 92.8 Å². The van der Waals surface area contributed by atoms with Gasteiger partial charge in [-0.25, -0.2) is 0 Å². The monoisotopic (exact) mass is 585 g/mol. The van der Waals surface area contributed by atoms with Crippen molar-refractivity contribution in [2.45, 2.75) is 72.6 Å². The van der Waals surface area contributed by atoms with Gasteiger partial charge in [0, 0.05) is 55.2 Å². The molecule has 1 fully saturated rings. The molecule has 0 radical (unpaired) electrons. The highest BCUT2D eigenvalue weighted by Crippen LogP contribution is 2.43. The van der Waals surface area contributed by atoms with Gasteiger partial charge < -0.3 is 4.90 Å². The smallest absolute Gasteiger partial charge is 0.150 e. The van der Waals surface area contributed by atoms with Crippen LogP contribution in [-0.2, 0) is 6.42 Å². The third kappa shape index (κ3) is 8.55. The van der Waals surface area contributed by atoms with Crippen LogP contribution in [0, 0.1) is 5.41 Å². The molecule has 2 aromatic rings. The number of benzene rings is 2. The van der Waals surface area contributed by atoms with Crippen LogP contribution >= 0.6 is 11.6 Å². The maximum absolute atomic E-state index is 12.0. The number of aldehydes is 1. The summed E-state index contributed by atoms with van der Waals surface area (Å²) < 4.78 is 0. The van der Waals surface area contributed by atoms with Crippen LogP contribution in [0.15, 0.2) is 76.5 Å². The molecule has 4 nitrogen and oxygen atoms in total. The van der Waals surface area contributed by atoms with E-state index in [0.29, 0.717) is 11.8 Å². The van der Waals surface area contributed by atoms with Crippen molar-refractivity contribution in [3.63, 3.8) is 0 Å². The SMILES string of the molecule is C=N/C=C(\C=C(/CC)CCC)Cc1cc(N2CCN(CC3=C(c4ccc(Cl)cc4)CC(C)(C)CC3)CC2)ccc1C=O. The molecular weight excluding hydrogens is 538 g/mol. The van der Waals surface area contributed by atoms with Gasteiger partial charge in [-0.15, -0.1) is 0 Å². The van der Waals surface area contributed by atoms with Crippen LogP contribution in [0.2, 0.25) is 5.02 Å². The molecule has 0 amide bonds. The highest BCUT2D eigenvalue weighted by molar-refractivity contribution is 6.30. The highest BCUT2D eigenvalue weighted by Gasteiger charge is 2.29. The molecule has 1 aliphatic heterocycles. The first kappa shape index (κ1) is 32.0. The zero-order valence-electron chi connectivity index (χ0n) is 26.1. The lowest BCUT2D eigenvalue weighted by atomic mass is 9.72. The summed E-state index contributed by atoms with van der Waals surface area (Å²) in [4.78, 5) is 21.1. The van der Waals surface area contributed by atoms with Crippen LogP contribution < -0.4 is 4.90 Å². The zero-order valence-corrected chi connectivity index (χ0v) is 26.8. The lowest BCUT2D eigenvalue weighted by Crippen LogP contribution is -2.47. The van der Waals surface area contributed by atoms with Crippen molar-refractivity contribution in [2.24, 2.45) is 10.4 Å². The largest absolute Gasteiger partial charge is 0.369 e. The van der Waals surface area contributed by atoms with E-state index in [9.17, 15) is 4.79 Å². The van der Waals surface area contributed by atoms with Crippen LogP contribution in [0.1, 0.15) is 87.7 Å². The van der Waals surface area contributed by atoms with E-state index in [1.165, 1.54) is 28.8 Å². The van der Waals surface area contributed by atoms with E-state index in [2.05, 4.69) is 79.5 Å². The predicted octanol–water partition coefficient (Wildman–Crippen LogP) is 9.20. The third-order valence-electron chi connectivity index (χ3n) is 8.85. The second-order valence-corrected chi connectivity index (χ2v) is 13.1. The molecule has 2 aromatic carbocycles. The molecule has 224 valence electrons. The number of halogens is 1. The number of rotatable bonds is 12. The summed E-state index contributed by atoms with van der Waals surface area (Å²) >= 11 is 6.21. The van der Waals surface area contributed by atoms with Crippen molar-refractivity contribution >= 4 is 35.9 Å². The Hall–Kier alpha value is -2.95. The van der Waals surface area contributed by atoms with Gasteiger partial charge in [-0.3, -0.25) is 14.7 Å². The third-order valence-corrected chi connectivity index (χ3v) is 9.10. The summed E-state index contributed by atoms with van der Waals surface area (Å²) in [5.74, 6) is 0. The molecule has 0 unspecified atom stereocenters. The molecule has 0 N–H and O–H groups in total. The molecule has 4 rings (SSSR count). The average Bonchev–Trinajstić information content (AvgIpc) is 2.98. The fourth-order valence-corrected chi connectivity index (χ4v) is 6.49. The standard InChI is InChI=1S/C37H48ClN3O/c1-6-8-28(7-2)21-29(25-39-5)22-33-23-35(14-11-32(33)27-42)41-19-17-40(18-20-41)26-31-15-16-37(3,4)24-36(31)30-9-12-34(38)13-10-30/h9-14,21,23,25,27H,5-8,15-20,22,24,26H2,1-4H3/b28-21+,29-25+. The van der Waals surface area contributed by atoms with Gasteiger partial charge in [-0.1, -0.05) is 75.1 Å². The Bertz CT molecular complexity index is 1330. The second-order valence-electron chi connectivity index (χ2n) is 12.7. The lowest BCUT2D eigenvalue weighted by molar-refractivity contribution is 0.112. The number of nitrogens with zero attached hydrogens (tertiary/aromatic N) is 3. The second kappa shape index (κ2) is 15.0. The van der Waals surface area contributed by atoms with Gasteiger partial charge in [0.15, 0.2) is 0 Å². The van der Waals surface area contributed by atoms with Gasteiger partial charge in [-0.05, 0) is 103 Å². The maximum atomic E-state index is 12.0. The molecule has 1 heterocycles. The normalized spacial score (nSPS) is 18.4. The van der Waals surface area contributed by atoms with Crippen LogP contribution in [0.3, 0.4) is 0 Å². The van der Waals surface area contributed by atoms with Crippen LogP contribution in [-0.4, -0.2) is 50.6 Å². The molecule has 0 atom stereocenters. The number of aliphatic imine (C=N–C) groups is 1. The molecule has 2 aliphatic rings. The molecule has 42 heavy (non-hydrogen) atoms. The quantitative estimate of drug-likeness (QED) is 0.141. The summed E-state index contributed by atoms with van der Waals surface area (Å²) in [5, 5.41) is 0.791. The summed E-state index contributed by atoms with van der Waals surface area (Å²) in [5.41, 5.74) is 10.2. The van der Waals surface area contributed by atoms with E-state index in [-0.39, 0.29) is 0 Å². The molecule has 0 aromatic heterocycles. The first-order chi connectivity index (χ1) is 20.2. The summed E-state index contributed by atoms with van der Waals surface area (Å²) in [7, 11) is 0. The fourth-order valence-electron chi connectivity index (χ4n) is 6.36. The highest BCUT2D eigenvalue weighted by atomic mass is 35.5. The Kier molecular flexibility index (Phi) is 11.4. The molecule has 0 spiro atoms. The first-order valence-electron chi connectivity index (χ1n) is 15.6. The van der Waals surface area contributed by atoms with Gasteiger partial charge in [0.1, 0.15) is 6.29 Å². The van der Waals surface area contributed by atoms with Crippen LogP contribution in [0.5, 0.6) is 0 Å². The Labute approximate surface area is 258 Å².